The Labute approximate surface area is 99.3 Å². The fourth-order valence-electron chi connectivity index (χ4n) is 1.73. The van der Waals surface area contributed by atoms with Gasteiger partial charge in [0.15, 0.2) is 0 Å². The van der Waals surface area contributed by atoms with Gasteiger partial charge in [-0.25, -0.2) is 0 Å². The van der Waals surface area contributed by atoms with E-state index in [1.165, 1.54) is 12.4 Å². The van der Waals surface area contributed by atoms with Gasteiger partial charge in [-0.2, -0.15) is 13.2 Å². The van der Waals surface area contributed by atoms with E-state index in [0.29, 0.717) is 12.8 Å². The number of alkyl halides is 3. The van der Waals surface area contributed by atoms with Gasteiger partial charge in [-0.15, -0.1) is 0 Å². The SMILES string of the molecule is CCNC(C)CCc1cnccc1C(F)(F)F. The predicted octanol–water partition coefficient (Wildman–Crippen LogP) is 3.03. The molecule has 0 saturated heterocycles. The Morgan fingerprint density at radius 1 is 1.41 bits per heavy atom. The lowest BCUT2D eigenvalue weighted by atomic mass is 10.0. The van der Waals surface area contributed by atoms with Gasteiger partial charge in [-0.1, -0.05) is 6.92 Å². The number of nitrogens with zero attached hydrogens (tertiary/aromatic N) is 1. The van der Waals surface area contributed by atoms with Crippen molar-refractivity contribution in [1.82, 2.24) is 10.3 Å². The first-order valence-corrected chi connectivity index (χ1v) is 5.68. The largest absolute Gasteiger partial charge is 0.416 e. The van der Waals surface area contributed by atoms with Crippen LogP contribution in [0.15, 0.2) is 18.5 Å². The van der Waals surface area contributed by atoms with Gasteiger partial charge in [0.2, 0.25) is 0 Å². The van der Waals surface area contributed by atoms with E-state index >= 15 is 0 Å². The van der Waals surface area contributed by atoms with E-state index < -0.39 is 11.7 Å². The zero-order valence-electron chi connectivity index (χ0n) is 10.0. The van der Waals surface area contributed by atoms with E-state index in [-0.39, 0.29) is 11.6 Å². The molecule has 0 aromatic carbocycles. The van der Waals surface area contributed by atoms with Crippen LogP contribution in [0.2, 0.25) is 0 Å². The van der Waals surface area contributed by atoms with Crippen LogP contribution in [-0.2, 0) is 12.6 Å². The number of pyridine rings is 1. The molecule has 17 heavy (non-hydrogen) atoms. The number of aromatic nitrogens is 1. The standard InChI is InChI=1S/C12H17F3N2/c1-3-17-9(2)4-5-10-8-16-7-6-11(10)12(13,14)15/h6-9,17H,3-5H2,1-2H3. The van der Waals surface area contributed by atoms with Crippen LogP contribution >= 0.6 is 0 Å². The van der Waals surface area contributed by atoms with E-state index in [2.05, 4.69) is 10.3 Å². The molecule has 1 rings (SSSR count). The van der Waals surface area contributed by atoms with Crippen LogP contribution in [0.1, 0.15) is 31.4 Å². The summed E-state index contributed by atoms with van der Waals surface area (Å²) in [6, 6.07) is 1.24. The second-order valence-corrected chi connectivity index (χ2v) is 4.03. The minimum absolute atomic E-state index is 0.210. The van der Waals surface area contributed by atoms with Crippen LogP contribution < -0.4 is 5.32 Å². The number of hydrogen-bond acceptors (Lipinski definition) is 2. The molecule has 96 valence electrons. The first kappa shape index (κ1) is 14.0. The van der Waals surface area contributed by atoms with Crippen molar-refractivity contribution in [2.45, 2.75) is 38.9 Å². The number of rotatable bonds is 5. The Balaban J connectivity index is 2.71. The van der Waals surface area contributed by atoms with Crippen LogP contribution in [0, 0.1) is 0 Å². The summed E-state index contributed by atoms with van der Waals surface area (Å²) < 4.78 is 38.0. The molecule has 1 heterocycles. The fourth-order valence-corrected chi connectivity index (χ4v) is 1.73. The molecule has 0 aliphatic rings. The van der Waals surface area contributed by atoms with Gasteiger partial charge < -0.3 is 5.32 Å². The summed E-state index contributed by atoms with van der Waals surface area (Å²) in [5.74, 6) is 0. The van der Waals surface area contributed by atoms with Crippen LogP contribution in [0.3, 0.4) is 0 Å². The molecule has 5 heteroatoms. The van der Waals surface area contributed by atoms with Crippen molar-refractivity contribution < 1.29 is 13.2 Å². The van der Waals surface area contributed by atoms with Crippen molar-refractivity contribution in [1.29, 1.82) is 0 Å². The molecule has 2 nitrogen and oxygen atoms in total. The lowest BCUT2D eigenvalue weighted by Crippen LogP contribution is -2.26. The number of halogens is 3. The molecule has 0 aliphatic carbocycles. The van der Waals surface area contributed by atoms with Gasteiger partial charge >= 0.3 is 6.18 Å². The van der Waals surface area contributed by atoms with E-state index in [1.54, 1.807) is 0 Å². The Bertz CT molecular complexity index is 350. The molecule has 0 amide bonds. The molecule has 0 bridgehead atoms. The first-order chi connectivity index (χ1) is 7.95. The van der Waals surface area contributed by atoms with E-state index in [4.69, 9.17) is 0 Å². The summed E-state index contributed by atoms with van der Waals surface area (Å²) >= 11 is 0. The molecule has 1 aromatic rings. The number of hydrogen-bond donors (Lipinski definition) is 1. The summed E-state index contributed by atoms with van der Waals surface area (Å²) in [5.41, 5.74) is -0.305. The van der Waals surface area contributed by atoms with E-state index in [1.807, 2.05) is 13.8 Å². The van der Waals surface area contributed by atoms with Crippen molar-refractivity contribution in [3.63, 3.8) is 0 Å². The highest BCUT2D eigenvalue weighted by Crippen LogP contribution is 2.31. The maximum Gasteiger partial charge on any atom is 0.416 e. The predicted molar refractivity (Wildman–Crippen MR) is 60.7 cm³/mol. The molecule has 0 fully saturated rings. The molecule has 1 N–H and O–H groups in total. The van der Waals surface area contributed by atoms with Crippen molar-refractivity contribution in [2.24, 2.45) is 0 Å². The van der Waals surface area contributed by atoms with Crippen molar-refractivity contribution >= 4 is 0 Å². The topological polar surface area (TPSA) is 24.9 Å². The van der Waals surface area contributed by atoms with Gasteiger partial charge in [0.1, 0.15) is 0 Å². The van der Waals surface area contributed by atoms with Gasteiger partial charge in [0.25, 0.3) is 0 Å². The summed E-state index contributed by atoms with van der Waals surface area (Å²) in [4.78, 5) is 3.76. The quantitative estimate of drug-likeness (QED) is 0.863. The smallest absolute Gasteiger partial charge is 0.315 e. The molecule has 1 unspecified atom stereocenters. The Morgan fingerprint density at radius 3 is 2.71 bits per heavy atom. The second kappa shape index (κ2) is 6.00. The third-order valence-electron chi connectivity index (χ3n) is 2.61. The molecule has 0 aliphatic heterocycles. The molecular weight excluding hydrogens is 229 g/mol. The first-order valence-electron chi connectivity index (χ1n) is 5.68. The molecule has 0 spiro atoms. The van der Waals surface area contributed by atoms with Crippen molar-refractivity contribution in [2.75, 3.05) is 6.54 Å². The van der Waals surface area contributed by atoms with Crippen LogP contribution in [0.4, 0.5) is 13.2 Å². The molecule has 1 atom stereocenters. The minimum Gasteiger partial charge on any atom is -0.315 e. The average Bonchev–Trinajstić information content (AvgIpc) is 2.26. The Kier molecular flexibility index (Phi) is 4.93. The maximum atomic E-state index is 12.7. The number of nitrogens with one attached hydrogen (secondary N) is 1. The van der Waals surface area contributed by atoms with Crippen LogP contribution in [-0.4, -0.2) is 17.6 Å². The highest BCUT2D eigenvalue weighted by molar-refractivity contribution is 5.26. The van der Waals surface area contributed by atoms with Crippen molar-refractivity contribution in [3.05, 3.63) is 29.6 Å². The maximum absolute atomic E-state index is 12.7. The average molecular weight is 246 g/mol. The lowest BCUT2D eigenvalue weighted by molar-refractivity contribution is -0.138. The van der Waals surface area contributed by atoms with Crippen LogP contribution in [0.5, 0.6) is 0 Å². The highest BCUT2D eigenvalue weighted by Gasteiger charge is 2.32. The normalized spacial score (nSPS) is 13.7. The minimum atomic E-state index is -4.29. The summed E-state index contributed by atoms with van der Waals surface area (Å²) in [6.45, 7) is 4.76. The second-order valence-electron chi connectivity index (χ2n) is 4.03. The molecule has 0 radical (unpaired) electrons. The third-order valence-corrected chi connectivity index (χ3v) is 2.61. The zero-order chi connectivity index (χ0) is 12.9. The molecule has 1 aromatic heterocycles. The highest BCUT2D eigenvalue weighted by atomic mass is 19.4. The lowest BCUT2D eigenvalue weighted by Gasteiger charge is -2.15. The zero-order valence-corrected chi connectivity index (χ0v) is 10.0. The van der Waals surface area contributed by atoms with Gasteiger partial charge in [0.05, 0.1) is 5.56 Å². The molecule has 0 saturated carbocycles. The fraction of sp³-hybridized carbons (Fsp3) is 0.583. The summed E-state index contributed by atoms with van der Waals surface area (Å²) in [7, 11) is 0. The van der Waals surface area contributed by atoms with Crippen LogP contribution in [0.25, 0.3) is 0 Å². The summed E-state index contributed by atoms with van der Waals surface area (Å²) in [5, 5.41) is 3.17. The molecular formula is C12H17F3N2. The van der Waals surface area contributed by atoms with Gasteiger partial charge in [-0.3, -0.25) is 4.98 Å². The monoisotopic (exact) mass is 246 g/mol. The Morgan fingerprint density at radius 2 is 2.12 bits per heavy atom. The van der Waals surface area contributed by atoms with Gasteiger partial charge in [-0.05, 0) is 37.9 Å². The third kappa shape index (κ3) is 4.34. The van der Waals surface area contributed by atoms with E-state index in [9.17, 15) is 13.2 Å². The summed E-state index contributed by atoms with van der Waals surface area (Å²) in [6.07, 6.45) is -0.749. The van der Waals surface area contributed by atoms with E-state index in [0.717, 1.165) is 12.6 Å². The van der Waals surface area contributed by atoms with Gasteiger partial charge in [0, 0.05) is 18.4 Å². The number of aryl methyl sites for hydroxylation is 1. The van der Waals surface area contributed by atoms with Crippen molar-refractivity contribution in [3.8, 4) is 0 Å². The Hall–Kier alpha value is -1.10.